The van der Waals surface area contributed by atoms with E-state index < -0.39 is 0 Å². The van der Waals surface area contributed by atoms with Crippen LogP contribution in [0.15, 0.2) is 22.4 Å². The molecule has 0 aliphatic carbocycles. The molecule has 0 atom stereocenters. The van der Waals surface area contributed by atoms with E-state index in [1.807, 2.05) is 23.6 Å². The minimum Gasteiger partial charge on any atom is -0.466 e. The van der Waals surface area contributed by atoms with Gasteiger partial charge in [-0.3, -0.25) is 14.5 Å². The molecule has 1 aliphatic heterocycles. The predicted octanol–water partition coefficient (Wildman–Crippen LogP) is 3.29. The van der Waals surface area contributed by atoms with Crippen molar-refractivity contribution in [3.05, 3.63) is 27.3 Å². The molecule has 4 nitrogen and oxygen atoms in total. The van der Waals surface area contributed by atoms with Crippen molar-refractivity contribution >= 4 is 57.6 Å². The summed E-state index contributed by atoms with van der Waals surface area (Å²) in [6, 6.07) is 3.90. The van der Waals surface area contributed by atoms with E-state index in [4.69, 9.17) is 17.0 Å². The molecule has 1 amide bonds. The fraction of sp³-hybridized carbons (Fsp3) is 0.357. The highest BCUT2D eigenvalue weighted by atomic mass is 32.2. The normalized spacial score (nSPS) is 16.8. The molecule has 1 fully saturated rings. The SMILES string of the molecule is CCOC(=O)CCCN1C(=O)/C(=C/c2cccs2)SC1=S. The van der Waals surface area contributed by atoms with Crippen LogP contribution in [0.25, 0.3) is 6.08 Å². The van der Waals surface area contributed by atoms with Crippen LogP contribution in [0.4, 0.5) is 0 Å². The molecular weight excluding hydrogens is 326 g/mol. The zero-order valence-corrected chi connectivity index (χ0v) is 14.0. The van der Waals surface area contributed by atoms with Gasteiger partial charge in [0.25, 0.3) is 5.91 Å². The van der Waals surface area contributed by atoms with Gasteiger partial charge in [-0.15, -0.1) is 11.3 Å². The number of amides is 1. The van der Waals surface area contributed by atoms with Crippen molar-refractivity contribution in [1.82, 2.24) is 4.90 Å². The van der Waals surface area contributed by atoms with Gasteiger partial charge in [-0.1, -0.05) is 30.0 Å². The van der Waals surface area contributed by atoms with Crippen LogP contribution in [0.2, 0.25) is 0 Å². The third-order valence-corrected chi connectivity index (χ3v) is 4.96. The van der Waals surface area contributed by atoms with Gasteiger partial charge in [0.1, 0.15) is 4.32 Å². The number of carbonyl (C=O) groups excluding carboxylic acids is 2. The van der Waals surface area contributed by atoms with Crippen molar-refractivity contribution in [3.63, 3.8) is 0 Å². The molecule has 1 aromatic heterocycles. The summed E-state index contributed by atoms with van der Waals surface area (Å²) in [4.78, 5) is 26.8. The highest BCUT2D eigenvalue weighted by molar-refractivity contribution is 8.26. The highest BCUT2D eigenvalue weighted by Crippen LogP contribution is 2.33. The Morgan fingerprint density at radius 3 is 3.00 bits per heavy atom. The van der Waals surface area contributed by atoms with Gasteiger partial charge in [0.15, 0.2) is 0 Å². The summed E-state index contributed by atoms with van der Waals surface area (Å²) in [7, 11) is 0. The Bertz CT molecular complexity index is 566. The van der Waals surface area contributed by atoms with Gasteiger partial charge in [-0.25, -0.2) is 0 Å². The molecule has 2 rings (SSSR count). The maximum absolute atomic E-state index is 12.3. The molecule has 0 saturated carbocycles. The molecule has 0 spiro atoms. The fourth-order valence-electron chi connectivity index (χ4n) is 1.81. The minimum atomic E-state index is -0.239. The molecule has 112 valence electrons. The van der Waals surface area contributed by atoms with Crippen molar-refractivity contribution < 1.29 is 14.3 Å². The number of rotatable bonds is 6. The Balaban J connectivity index is 1.91. The zero-order valence-electron chi connectivity index (χ0n) is 11.5. The monoisotopic (exact) mass is 341 g/mol. The molecule has 0 unspecified atom stereocenters. The summed E-state index contributed by atoms with van der Waals surface area (Å²) in [5.74, 6) is -0.320. The van der Waals surface area contributed by atoms with E-state index in [0.717, 1.165) is 4.88 Å². The second-order valence-corrected chi connectivity index (χ2v) is 6.91. The zero-order chi connectivity index (χ0) is 15.2. The Morgan fingerprint density at radius 1 is 1.52 bits per heavy atom. The van der Waals surface area contributed by atoms with Crippen LogP contribution in [-0.2, 0) is 14.3 Å². The number of nitrogens with zero attached hydrogens (tertiary/aromatic N) is 1. The maximum atomic E-state index is 12.3. The summed E-state index contributed by atoms with van der Waals surface area (Å²) in [5, 5.41) is 1.96. The molecule has 0 N–H and O–H groups in total. The van der Waals surface area contributed by atoms with Gasteiger partial charge in [0.05, 0.1) is 11.5 Å². The van der Waals surface area contributed by atoms with Crippen molar-refractivity contribution in [1.29, 1.82) is 0 Å². The molecule has 1 aliphatic rings. The van der Waals surface area contributed by atoms with Gasteiger partial charge >= 0.3 is 5.97 Å². The number of thiophene rings is 1. The second kappa shape index (κ2) is 7.72. The number of hydrogen-bond acceptors (Lipinski definition) is 6. The first kappa shape index (κ1) is 16.2. The van der Waals surface area contributed by atoms with Crippen LogP contribution in [0.1, 0.15) is 24.6 Å². The summed E-state index contributed by atoms with van der Waals surface area (Å²) in [5.41, 5.74) is 0. The molecular formula is C14H15NO3S3. The average molecular weight is 341 g/mol. The van der Waals surface area contributed by atoms with Crippen LogP contribution in [0.5, 0.6) is 0 Å². The largest absolute Gasteiger partial charge is 0.466 e. The molecule has 0 radical (unpaired) electrons. The van der Waals surface area contributed by atoms with E-state index in [-0.39, 0.29) is 11.9 Å². The Kier molecular flexibility index (Phi) is 5.96. The maximum Gasteiger partial charge on any atom is 0.305 e. The molecule has 2 heterocycles. The molecule has 1 aromatic rings. The molecule has 0 bridgehead atoms. The smallest absolute Gasteiger partial charge is 0.305 e. The van der Waals surface area contributed by atoms with E-state index in [1.165, 1.54) is 11.8 Å². The lowest BCUT2D eigenvalue weighted by molar-refractivity contribution is -0.143. The number of esters is 1. The lowest BCUT2D eigenvalue weighted by Gasteiger charge is -2.13. The molecule has 1 saturated heterocycles. The Morgan fingerprint density at radius 2 is 2.33 bits per heavy atom. The number of ether oxygens (including phenoxy) is 1. The van der Waals surface area contributed by atoms with Crippen molar-refractivity contribution in [2.45, 2.75) is 19.8 Å². The molecule has 21 heavy (non-hydrogen) atoms. The lowest BCUT2D eigenvalue weighted by atomic mass is 10.3. The van der Waals surface area contributed by atoms with E-state index >= 15 is 0 Å². The van der Waals surface area contributed by atoms with Crippen LogP contribution < -0.4 is 0 Å². The quantitative estimate of drug-likeness (QED) is 0.451. The van der Waals surface area contributed by atoms with Gasteiger partial charge in [-0.2, -0.15) is 0 Å². The molecule has 0 aromatic carbocycles. The standard InChI is InChI=1S/C14H15NO3S3/c1-2-18-12(16)6-3-7-15-13(17)11(21-14(15)19)9-10-5-4-8-20-10/h4-5,8-9H,2-3,6-7H2,1H3/b11-9-. The summed E-state index contributed by atoms with van der Waals surface area (Å²) >= 11 is 8.12. The van der Waals surface area contributed by atoms with Crippen molar-refractivity contribution in [3.8, 4) is 0 Å². The highest BCUT2D eigenvalue weighted by Gasteiger charge is 2.31. The van der Waals surface area contributed by atoms with E-state index in [1.54, 1.807) is 23.2 Å². The minimum absolute atomic E-state index is 0.0812. The lowest BCUT2D eigenvalue weighted by Crippen LogP contribution is -2.29. The summed E-state index contributed by atoms with van der Waals surface area (Å²) in [6.45, 7) is 2.60. The van der Waals surface area contributed by atoms with Crippen LogP contribution >= 0.6 is 35.3 Å². The Labute approximate surface area is 137 Å². The topological polar surface area (TPSA) is 46.6 Å². The predicted molar refractivity (Wildman–Crippen MR) is 90.1 cm³/mol. The van der Waals surface area contributed by atoms with Crippen molar-refractivity contribution in [2.24, 2.45) is 0 Å². The third-order valence-electron chi connectivity index (χ3n) is 2.76. The number of thioether (sulfide) groups is 1. The van der Waals surface area contributed by atoms with Crippen LogP contribution in [0.3, 0.4) is 0 Å². The van der Waals surface area contributed by atoms with E-state index in [0.29, 0.717) is 35.2 Å². The number of hydrogen-bond donors (Lipinski definition) is 0. The van der Waals surface area contributed by atoms with Crippen LogP contribution in [0, 0.1) is 0 Å². The summed E-state index contributed by atoms with van der Waals surface area (Å²) in [6.07, 6.45) is 2.71. The van der Waals surface area contributed by atoms with Gasteiger partial charge in [0, 0.05) is 17.8 Å². The van der Waals surface area contributed by atoms with Gasteiger partial charge < -0.3 is 4.74 Å². The fourth-order valence-corrected chi connectivity index (χ4v) is 3.84. The molecule has 7 heteroatoms. The third kappa shape index (κ3) is 4.39. The number of thiocarbonyl (C=S) groups is 1. The first-order valence-corrected chi connectivity index (χ1v) is 8.66. The Hall–Kier alpha value is -1.18. The van der Waals surface area contributed by atoms with E-state index in [2.05, 4.69) is 0 Å². The van der Waals surface area contributed by atoms with Crippen LogP contribution in [-0.4, -0.2) is 34.2 Å². The van der Waals surface area contributed by atoms with Gasteiger partial charge in [0.2, 0.25) is 0 Å². The summed E-state index contributed by atoms with van der Waals surface area (Å²) < 4.78 is 5.41. The number of carbonyl (C=O) groups is 2. The van der Waals surface area contributed by atoms with E-state index in [9.17, 15) is 9.59 Å². The van der Waals surface area contributed by atoms with Gasteiger partial charge in [-0.05, 0) is 30.9 Å². The van der Waals surface area contributed by atoms with Crippen molar-refractivity contribution in [2.75, 3.05) is 13.2 Å². The first-order valence-electron chi connectivity index (χ1n) is 6.56. The first-order chi connectivity index (χ1) is 10.1. The average Bonchev–Trinajstić information content (AvgIpc) is 3.03. The second-order valence-electron chi connectivity index (χ2n) is 4.26.